The van der Waals surface area contributed by atoms with E-state index in [2.05, 4.69) is 205 Å². The zero-order valence-electron chi connectivity index (χ0n) is 33.6. The molecule has 62 heavy (non-hydrogen) atoms. The Morgan fingerprint density at radius 3 is 1.77 bits per heavy atom. The van der Waals surface area contributed by atoms with Crippen LogP contribution in [0, 0.1) is 0 Å². The highest BCUT2D eigenvalue weighted by atomic mass is 32.2. The molecule has 4 nitrogen and oxygen atoms in total. The van der Waals surface area contributed by atoms with Gasteiger partial charge in [-0.25, -0.2) is 15.0 Å². The van der Waals surface area contributed by atoms with Crippen LogP contribution in [0.2, 0.25) is 0 Å². The van der Waals surface area contributed by atoms with Crippen LogP contribution in [0.25, 0.3) is 89.5 Å². The summed E-state index contributed by atoms with van der Waals surface area (Å²) in [5.74, 6) is 2.23. The maximum absolute atomic E-state index is 5.26. The third-order valence-electron chi connectivity index (χ3n) is 12.2. The van der Waals surface area contributed by atoms with Gasteiger partial charge < -0.3 is 4.57 Å². The van der Waals surface area contributed by atoms with Gasteiger partial charge in [0.25, 0.3) is 0 Å². The Kier molecular flexibility index (Phi) is 8.86. The fourth-order valence-corrected chi connectivity index (χ4v) is 10.8. The number of thioether (sulfide) groups is 1. The van der Waals surface area contributed by atoms with Crippen LogP contribution in [0.15, 0.2) is 223 Å². The van der Waals surface area contributed by atoms with Crippen LogP contribution >= 0.6 is 11.8 Å². The van der Waals surface area contributed by atoms with Crippen molar-refractivity contribution < 1.29 is 0 Å². The molecule has 5 heteroatoms. The number of para-hydroxylation sites is 2. The van der Waals surface area contributed by atoms with Crippen molar-refractivity contribution in [3.63, 3.8) is 0 Å². The molecule has 2 unspecified atom stereocenters. The smallest absolute Gasteiger partial charge is 0.164 e. The summed E-state index contributed by atoms with van der Waals surface area (Å²) >= 11 is 1.97. The summed E-state index contributed by atoms with van der Waals surface area (Å²) in [6.07, 6.45) is 6.91. The third kappa shape index (κ3) is 6.29. The van der Waals surface area contributed by atoms with Crippen molar-refractivity contribution in [3.8, 4) is 62.1 Å². The molecule has 0 amide bonds. The van der Waals surface area contributed by atoms with Gasteiger partial charge >= 0.3 is 0 Å². The van der Waals surface area contributed by atoms with E-state index in [0.29, 0.717) is 28.6 Å². The highest BCUT2D eigenvalue weighted by Gasteiger charge is 2.36. The van der Waals surface area contributed by atoms with Gasteiger partial charge in [0.2, 0.25) is 0 Å². The maximum Gasteiger partial charge on any atom is 0.164 e. The first-order chi connectivity index (χ1) is 30.7. The Bertz CT molecular complexity index is 3370. The molecule has 0 bridgehead atoms. The Balaban J connectivity index is 0.896. The van der Waals surface area contributed by atoms with Crippen molar-refractivity contribution >= 4 is 39.1 Å². The SMILES string of the molecule is C1=CC2c3cc(-c4cccc(-c5ccccc5)c4)ccc3SC2C(c2ccc(-c3nc(-c4ccccc4)nc(-c4cccc5c4c4ccccc4n5-c4ccccc4)n3)cc2)=C1. The lowest BCUT2D eigenvalue weighted by molar-refractivity contribution is 0.893. The number of aromatic nitrogens is 4. The summed E-state index contributed by atoms with van der Waals surface area (Å²) in [5.41, 5.74) is 15.1. The fourth-order valence-electron chi connectivity index (χ4n) is 9.29. The Morgan fingerprint density at radius 1 is 0.435 bits per heavy atom. The second-order valence-electron chi connectivity index (χ2n) is 15.9. The van der Waals surface area contributed by atoms with E-state index in [1.165, 1.54) is 43.8 Å². The maximum atomic E-state index is 5.26. The van der Waals surface area contributed by atoms with Crippen molar-refractivity contribution in [2.24, 2.45) is 0 Å². The predicted octanol–water partition coefficient (Wildman–Crippen LogP) is 14.5. The summed E-state index contributed by atoms with van der Waals surface area (Å²) < 4.78 is 2.33. The molecule has 0 saturated heterocycles. The number of fused-ring (bicyclic) bond motifs is 6. The standard InChI is InChI=1S/C57H38N4S/c1-4-15-37(16-5-1)41-19-12-20-42(35-41)43-33-34-52-49(36-43)46-25-13-24-45(54(46)62-52)38-29-31-40(32-30-38)56-58-55(39-17-6-2-7-18-39)59-57(60-56)48-26-14-28-51-53(48)47-23-10-11-27-50(47)61(51)44-21-8-3-9-22-44/h1-36,46,54H. The molecule has 0 spiro atoms. The summed E-state index contributed by atoms with van der Waals surface area (Å²) in [5, 5.41) is 2.56. The van der Waals surface area contributed by atoms with E-state index in [1.54, 1.807) is 0 Å². The van der Waals surface area contributed by atoms with Crippen LogP contribution < -0.4 is 0 Å². The number of hydrogen-bond donors (Lipinski definition) is 0. The second kappa shape index (κ2) is 15.1. The van der Waals surface area contributed by atoms with Crippen LogP contribution in [-0.2, 0) is 0 Å². The second-order valence-corrected chi connectivity index (χ2v) is 17.1. The largest absolute Gasteiger partial charge is 0.309 e. The average molecular weight is 811 g/mol. The van der Waals surface area contributed by atoms with Crippen LogP contribution in [0.5, 0.6) is 0 Å². The molecule has 1 aliphatic heterocycles. The third-order valence-corrected chi connectivity index (χ3v) is 13.7. The molecule has 10 aromatic rings. The zero-order valence-corrected chi connectivity index (χ0v) is 34.5. The summed E-state index contributed by atoms with van der Waals surface area (Å²) in [4.78, 5) is 16.9. The molecule has 12 rings (SSSR count). The molecule has 0 radical (unpaired) electrons. The van der Waals surface area contributed by atoms with Gasteiger partial charge in [-0.1, -0.05) is 176 Å². The van der Waals surface area contributed by atoms with Gasteiger partial charge in [0, 0.05) is 49.2 Å². The average Bonchev–Trinajstić information content (AvgIpc) is 3.90. The quantitative estimate of drug-likeness (QED) is 0.161. The molecular weight excluding hydrogens is 773 g/mol. The van der Waals surface area contributed by atoms with E-state index >= 15 is 0 Å². The van der Waals surface area contributed by atoms with E-state index in [9.17, 15) is 0 Å². The van der Waals surface area contributed by atoms with Crippen LogP contribution in [0.4, 0.5) is 0 Å². The summed E-state index contributed by atoms with van der Waals surface area (Å²) in [6, 6.07) is 71.1. The normalized spacial score (nSPS) is 15.4. The van der Waals surface area contributed by atoms with Crippen LogP contribution in [0.3, 0.4) is 0 Å². The number of rotatable bonds is 7. The van der Waals surface area contributed by atoms with Gasteiger partial charge in [0.1, 0.15) is 0 Å². The highest BCUT2D eigenvalue weighted by Crippen LogP contribution is 2.53. The van der Waals surface area contributed by atoms with Crippen molar-refractivity contribution in [1.29, 1.82) is 0 Å². The molecule has 0 N–H and O–H groups in total. The van der Waals surface area contributed by atoms with E-state index in [0.717, 1.165) is 44.2 Å². The van der Waals surface area contributed by atoms with Crippen molar-refractivity contribution in [2.45, 2.75) is 16.1 Å². The minimum absolute atomic E-state index is 0.290. The van der Waals surface area contributed by atoms with Gasteiger partial charge in [-0.15, -0.1) is 11.8 Å². The molecule has 3 heterocycles. The van der Waals surface area contributed by atoms with Crippen molar-refractivity contribution in [3.05, 3.63) is 230 Å². The van der Waals surface area contributed by atoms with E-state index in [1.807, 2.05) is 30.0 Å². The van der Waals surface area contributed by atoms with Crippen LogP contribution in [-0.4, -0.2) is 24.8 Å². The topological polar surface area (TPSA) is 43.6 Å². The molecule has 2 aromatic heterocycles. The Hall–Kier alpha value is -7.60. The van der Waals surface area contributed by atoms with Crippen LogP contribution in [0.1, 0.15) is 17.0 Å². The number of hydrogen-bond acceptors (Lipinski definition) is 4. The Morgan fingerprint density at radius 2 is 1.00 bits per heavy atom. The first-order valence-electron chi connectivity index (χ1n) is 21.1. The minimum Gasteiger partial charge on any atom is -0.309 e. The van der Waals surface area contributed by atoms with Gasteiger partial charge in [-0.2, -0.15) is 0 Å². The number of benzene rings is 8. The number of nitrogens with zero attached hydrogens (tertiary/aromatic N) is 4. The van der Waals surface area contributed by atoms with Gasteiger partial charge in [-0.05, 0) is 81.4 Å². The molecule has 1 aliphatic carbocycles. The predicted molar refractivity (Wildman–Crippen MR) is 257 cm³/mol. The van der Waals surface area contributed by atoms with E-state index in [4.69, 9.17) is 15.0 Å². The summed E-state index contributed by atoms with van der Waals surface area (Å²) in [6.45, 7) is 0. The van der Waals surface area contributed by atoms with E-state index < -0.39 is 0 Å². The first-order valence-corrected chi connectivity index (χ1v) is 22.0. The number of allylic oxidation sites excluding steroid dienone is 3. The van der Waals surface area contributed by atoms with Crippen molar-refractivity contribution in [1.82, 2.24) is 19.5 Å². The molecule has 8 aromatic carbocycles. The van der Waals surface area contributed by atoms with E-state index in [-0.39, 0.29) is 0 Å². The lowest BCUT2D eigenvalue weighted by Crippen LogP contribution is -2.13. The molecule has 2 atom stereocenters. The molecule has 0 fully saturated rings. The monoisotopic (exact) mass is 810 g/mol. The molecule has 2 aliphatic rings. The highest BCUT2D eigenvalue weighted by molar-refractivity contribution is 8.00. The Labute approximate surface area is 364 Å². The molecule has 292 valence electrons. The zero-order chi connectivity index (χ0) is 41.0. The summed E-state index contributed by atoms with van der Waals surface area (Å²) in [7, 11) is 0. The minimum atomic E-state index is 0.290. The molecule has 0 saturated carbocycles. The lowest BCUT2D eigenvalue weighted by atomic mass is 9.84. The van der Waals surface area contributed by atoms with Gasteiger partial charge in [-0.3, -0.25) is 0 Å². The first kappa shape index (κ1) is 36.3. The van der Waals surface area contributed by atoms with Gasteiger partial charge in [0.05, 0.1) is 11.0 Å². The van der Waals surface area contributed by atoms with Crippen molar-refractivity contribution in [2.75, 3.05) is 0 Å². The lowest BCUT2D eigenvalue weighted by Gasteiger charge is -2.23. The molecular formula is C57H38N4S. The van der Waals surface area contributed by atoms with Gasteiger partial charge in [0.15, 0.2) is 17.5 Å². The fraction of sp³-hybridized carbons (Fsp3) is 0.0351.